The lowest BCUT2D eigenvalue weighted by Crippen LogP contribution is -2.18. The molecule has 0 amide bonds. The van der Waals surface area contributed by atoms with Gasteiger partial charge in [0.2, 0.25) is 0 Å². The van der Waals surface area contributed by atoms with E-state index in [1.54, 1.807) is 0 Å². The Morgan fingerprint density at radius 2 is 2.11 bits per heavy atom. The van der Waals surface area contributed by atoms with Gasteiger partial charge >= 0.3 is 5.97 Å². The topological polar surface area (TPSA) is 38.3 Å². The second kappa shape index (κ2) is 7.88. The van der Waals surface area contributed by atoms with E-state index in [0.717, 1.165) is 31.4 Å². The van der Waals surface area contributed by atoms with Crippen LogP contribution in [0.25, 0.3) is 0 Å². The highest BCUT2D eigenvalue weighted by molar-refractivity contribution is 5.91. The zero-order valence-electron chi connectivity index (χ0n) is 11.5. The number of hydrogen-bond donors (Lipinski definition) is 1. The monoisotopic (exact) mass is 249 g/mol. The van der Waals surface area contributed by atoms with Gasteiger partial charge in [-0.25, -0.2) is 4.79 Å². The number of ether oxygens (including phenoxy) is 1. The number of likely N-dealkylation sites (N-methyl/N-ethyl adjacent to an activating group) is 1. The molecule has 0 saturated heterocycles. The lowest BCUT2D eigenvalue weighted by molar-refractivity contribution is 0.0322. The minimum Gasteiger partial charge on any atom is -0.459 e. The maximum Gasteiger partial charge on any atom is 0.338 e. The van der Waals surface area contributed by atoms with E-state index >= 15 is 0 Å². The molecule has 0 aliphatic rings. The van der Waals surface area contributed by atoms with Gasteiger partial charge in [0.1, 0.15) is 0 Å². The van der Waals surface area contributed by atoms with Crippen molar-refractivity contribution in [2.24, 2.45) is 0 Å². The second-order valence-electron chi connectivity index (χ2n) is 4.52. The number of esters is 1. The van der Waals surface area contributed by atoms with Crippen molar-refractivity contribution in [3.05, 3.63) is 35.4 Å². The van der Waals surface area contributed by atoms with Gasteiger partial charge < -0.3 is 10.1 Å². The molecule has 0 aromatic heterocycles. The SMILES string of the molecule is CCCC(C)OC(=O)c1ccccc1CCNC. The van der Waals surface area contributed by atoms with Gasteiger partial charge in [-0.3, -0.25) is 0 Å². The molecule has 1 aromatic carbocycles. The highest BCUT2D eigenvalue weighted by Gasteiger charge is 2.14. The van der Waals surface area contributed by atoms with Crippen molar-refractivity contribution in [3.63, 3.8) is 0 Å². The number of benzene rings is 1. The normalized spacial score (nSPS) is 12.2. The molecular formula is C15H23NO2. The molecule has 0 spiro atoms. The van der Waals surface area contributed by atoms with Gasteiger partial charge in [-0.1, -0.05) is 31.5 Å². The van der Waals surface area contributed by atoms with Crippen LogP contribution in [-0.2, 0) is 11.2 Å². The predicted octanol–water partition coefficient (Wildman–Crippen LogP) is 2.79. The zero-order valence-corrected chi connectivity index (χ0v) is 11.5. The molecule has 1 N–H and O–H groups in total. The summed E-state index contributed by atoms with van der Waals surface area (Å²) in [4.78, 5) is 12.1. The fourth-order valence-electron chi connectivity index (χ4n) is 1.91. The fraction of sp³-hybridized carbons (Fsp3) is 0.533. The van der Waals surface area contributed by atoms with Crippen LogP contribution in [0.5, 0.6) is 0 Å². The van der Waals surface area contributed by atoms with Crippen molar-refractivity contribution in [1.29, 1.82) is 0 Å². The molecule has 1 rings (SSSR count). The third-order valence-electron chi connectivity index (χ3n) is 2.89. The van der Waals surface area contributed by atoms with Crippen LogP contribution in [0.2, 0.25) is 0 Å². The molecule has 0 heterocycles. The van der Waals surface area contributed by atoms with E-state index < -0.39 is 0 Å². The van der Waals surface area contributed by atoms with Crippen LogP contribution in [0.1, 0.15) is 42.6 Å². The molecule has 100 valence electrons. The van der Waals surface area contributed by atoms with Gasteiger partial charge in [-0.2, -0.15) is 0 Å². The van der Waals surface area contributed by atoms with Crippen molar-refractivity contribution in [3.8, 4) is 0 Å². The average molecular weight is 249 g/mol. The Bertz CT molecular complexity index is 377. The summed E-state index contributed by atoms with van der Waals surface area (Å²) in [6.07, 6.45) is 2.75. The van der Waals surface area contributed by atoms with Gasteiger partial charge in [0.15, 0.2) is 0 Å². The third-order valence-corrected chi connectivity index (χ3v) is 2.89. The second-order valence-corrected chi connectivity index (χ2v) is 4.52. The van der Waals surface area contributed by atoms with E-state index in [4.69, 9.17) is 4.74 Å². The molecule has 1 unspecified atom stereocenters. The summed E-state index contributed by atoms with van der Waals surface area (Å²) < 4.78 is 5.44. The molecule has 1 atom stereocenters. The van der Waals surface area contributed by atoms with E-state index in [-0.39, 0.29) is 12.1 Å². The van der Waals surface area contributed by atoms with E-state index in [0.29, 0.717) is 5.56 Å². The summed E-state index contributed by atoms with van der Waals surface area (Å²) in [6, 6.07) is 7.66. The molecule has 0 aliphatic carbocycles. The third kappa shape index (κ3) is 4.49. The van der Waals surface area contributed by atoms with Crippen LogP contribution in [0.4, 0.5) is 0 Å². The largest absolute Gasteiger partial charge is 0.459 e. The van der Waals surface area contributed by atoms with Gasteiger partial charge in [0.05, 0.1) is 11.7 Å². The Balaban J connectivity index is 2.71. The van der Waals surface area contributed by atoms with Crippen LogP contribution >= 0.6 is 0 Å². The smallest absolute Gasteiger partial charge is 0.338 e. The van der Waals surface area contributed by atoms with Gasteiger partial charge in [0.25, 0.3) is 0 Å². The molecule has 3 nitrogen and oxygen atoms in total. The summed E-state index contributed by atoms with van der Waals surface area (Å²) >= 11 is 0. The first-order valence-electron chi connectivity index (χ1n) is 6.62. The minimum atomic E-state index is -0.206. The van der Waals surface area contributed by atoms with Crippen molar-refractivity contribution in [2.45, 2.75) is 39.2 Å². The molecule has 18 heavy (non-hydrogen) atoms. The molecule has 0 bridgehead atoms. The van der Waals surface area contributed by atoms with Crippen LogP contribution in [0, 0.1) is 0 Å². The highest BCUT2D eigenvalue weighted by atomic mass is 16.5. The maximum atomic E-state index is 12.1. The van der Waals surface area contributed by atoms with E-state index in [2.05, 4.69) is 12.2 Å². The number of carbonyl (C=O) groups excluding carboxylic acids is 1. The van der Waals surface area contributed by atoms with Crippen molar-refractivity contribution in [2.75, 3.05) is 13.6 Å². The number of rotatable bonds is 7. The first-order valence-corrected chi connectivity index (χ1v) is 6.62. The van der Waals surface area contributed by atoms with Crippen LogP contribution < -0.4 is 5.32 Å². The van der Waals surface area contributed by atoms with Crippen LogP contribution in [0.3, 0.4) is 0 Å². The zero-order chi connectivity index (χ0) is 13.4. The molecule has 0 saturated carbocycles. The lowest BCUT2D eigenvalue weighted by Gasteiger charge is -2.14. The molecule has 1 aromatic rings. The predicted molar refractivity (Wildman–Crippen MR) is 73.9 cm³/mol. The average Bonchev–Trinajstić information content (AvgIpc) is 2.36. The Hall–Kier alpha value is -1.35. The van der Waals surface area contributed by atoms with Crippen LogP contribution in [0.15, 0.2) is 24.3 Å². The van der Waals surface area contributed by atoms with E-state index in [1.165, 1.54) is 0 Å². The van der Waals surface area contributed by atoms with Crippen molar-refractivity contribution < 1.29 is 9.53 Å². The van der Waals surface area contributed by atoms with E-state index in [1.807, 2.05) is 38.2 Å². The lowest BCUT2D eigenvalue weighted by atomic mass is 10.0. The first kappa shape index (κ1) is 14.7. The van der Waals surface area contributed by atoms with Crippen molar-refractivity contribution in [1.82, 2.24) is 5.32 Å². The molecular weight excluding hydrogens is 226 g/mol. The Morgan fingerprint density at radius 1 is 1.39 bits per heavy atom. The summed E-state index contributed by atoms with van der Waals surface area (Å²) in [5.74, 6) is -0.206. The number of nitrogens with one attached hydrogen (secondary N) is 1. The summed E-state index contributed by atoms with van der Waals surface area (Å²) in [5, 5.41) is 3.09. The standard InChI is InChI=1S/C15H23NO2/c1-4-7-12(2)18-15(17)14-9-6-5-8-13(14)10-11-16-3/h5-6,8-9,12,16H,4,7,10-11H2,1-3H3. The van der Waals surface area contributed by atoms with Gasteiger partial charge in [0, 0.05) is 0 Å². The molecule has 0 aliphatic heterocycles. The van der Waals surface area contributed by atoms with Crippen molar-refractivity contribution >= 4 is 5.97 Å². The Kier molecular flexibility index (Phi) is 6.44. The summed E-state index contributed by atoms with van der Waals surface area (Å²) in [5.41, 5.74) is 1.73. The Labute approximate surface area is 110 Å². The molecule has 0 fully saturated rings. The van der Waals surface area contributed by atoms with E-state index in [9.17, 15) is 4.79 Å². The molecule has 3 heteroatoms. The number of hydrogen-bond acceptors (Lipinski definition) is 3. The summed E-state index contributed by atoms with van der Waals surface area (Å²) in [7, 11) is 1.91. The fourth-order valence-corrected chi connectivity index (χ4v) is 1.91. The Morgan fingerprint density at radius 3 is 2.78 bits per heavy atom. The number of carbonyl (C=O) groups is 1. The van der Waals surface area contributed by atoms with Gasteiger partial charge in [-0.15, -0.1) is 0 Å². The maximum absolute atomic E-state index is 12.1. The summed E-state index contributed by atoms with van der Waals surface area (Å²) in [6.45, 7) is 4.89. The quantitative estimate of drug-likeness (QED) is 0.755. The van der Waals surface area contributed by atoms with Gasteiger partial charge in [-0.05, 0) is 45.0 Å². The highest BCUT2D eigenvalue weighted by Crippen LogP contribution is 2.13. The van der Waals surface area contributed by atoms with Crippen LogP contribution in [-0.4, -0.2) is 25.7 Å². The minimum absolute atomic E-state index is 0.0140. The molecule has 0 radical (unpaired) electrons. The first-order chi connectivity index (χ1) is 8.69.